The monoisotopic (exact) mass is 358 g/mol. The van der Waals surface area contributed by atoms with Crippen LogP contribution >= 0.6 is 11.3 Å². The van der Waals surface area contributed by atoms with Crippen LogP contribution in [0.1, 0.15) is 35.0 Å². The van der Waals surface area contributed by atoms with Crippen molar-refractivity contribution in [1.29, 1.82) is 0 Å². The molecule has 0 radical (unpaired) electrons. The molecule has 0 saturated heterocycles. The molecule has 0 unspecified atom stereocenters. The van der Waals surface area contributed by atoms with Crippen molar-refractivity contribution in [3.63, 3.8) is 0 Å². The molecular formula is C19H22N2O3S. The number of rotatable bonds is 7. The maximum Gasteiger partial charge on any atom is 0.264 e. The van der Waals surface area contributed by atoms with E-state index >= 15 is 0 Å². The van der Waals surface area contributed by atoms with Gasteiger partial charge in [-0.15, -0.1) is 11.3 Å². The molecule has 1 aromatic carbocycles. The van der Waals surface area contributed by atoms with E-state index in [1.54, 1.807) is 7.11 Å². The fourth-order valence-corrected chi connectivity index (χ4v) is 3.52. The Bertz CT molecular complexity index is 726. The van der Waals surface area contributed by atoms with Crippen LogP contribution in [0, 0.1) is 0 Å². The van der Waals surface area contributed by atoms with E-state index in [-0.39, 0.29) is 12.0 Å². The maximum atomic E-state index is 12.6. The van der Waals surface area contributed by atoms with Crippen molar-refractivity contribution in [3.05, 3.63) is 52.2 Å². The van der Waals surface area contributed by atoms with Gasteiger partial charge in [-0.1, -0.05) is 18.1 Å². The number of hydrogen-bond donors (Lipinski definition) is 0. The third-order valence-electron chi connectivity index (χ3n) is 4.09. The number of thiophene rings is 1. The SMILES string of the molecule is CCCN(C[C@@H]1CC(c2ccc(OC)cc2)=NO1)C(=O)c1cccs1. The van der Waals surface area contributed by atoms with Crippen LogP contribution in [-0.2, 0) is 4.84 Å². The molecule has 0 saturated carbocycles. The molecule has 1 aliphatic heterocycles. The first-order chi connectivity index (χ1) is 12.2. The van der Waals surface area contributed by atoms with Crippen molar-refractivity contribution >= 4 is 23.0 Å². The predicted octanol–water partition coefficient (Wildman–Crippen LogP) is 3.80. The van der Waals surface area contributed by atoms with Crippen LogP contribution < -0.4 is 4.74 Å². The zero-order valence-electron chi connectivity index (χ0n) is 14.5. The van der Waals surface area contributed by atoms with Gasteiger partial charge in [0.15, 0.2) is 6.10 Å². The van der Waals surface area contributed by atoms with Gasteiger partial charge in [-0.2, -0.15) is 0 Å². The van der Waals surface area contributed by atoms with Gasteiger partial charge in [0.2, 0.25) is 0 Å². The summed E-state index contributed by atoms with van der Waals surface area (Å²) in [6, 6.07) is 11.5. The Morgan fingerprint density at radius 1 is 1.36 bits per heavy atom. The van der Waals surface area contributed by atoms with Crippen molar-refractivity contribution in [2.24, 2.45) is 5.16 Å². The first-order valence-corrected chi connectivity index (χ1v) is 9.29. The highest BCUT2D eigenvalue weighted by atomic mass is 32.1. The van der Waals surface area contributed by atoms with E-state index in [1.165, 1.54) is 11.3 Å². The lowest BCUT2D eigenvalue weighted by molar-refractivity contribution is 0.0426. The van der Waals surface area contributed by atoms with Gasteiger partial charge in [-0.25, -0.2) is 0 Å². The largest absolute Gasteiger partial charge is 0.497 e. The van der Waals surface area contributed by atoms with Crippen LogP contribution in [0.2, 0.25) is 0 Å². The van der Waals surface area contributed by atoms with E-state index in [0.29, 0.717) is 19.5 Å². The molecule has 1 atom stereocenters. The van der Waals surface area contributed by atoms with Crippen LogP contribution in [0.4, 0.5) is 0 Å². The lowest BCUT2D eigenvalue weighted by Gasteiger charge is -2.23. The van der Waals surface area contributed by atoms with Gasteiger partial charge < -0.3 is 14.5 Å². The predicted molar refractivity (Wildman–Crippen MR) is 99.5 cm³/mol. The molecule has 2 heterocycles. The normalized spacial score (nSPS) is 16.2. The Morgan fingerprint density at radius 3 is 2.80 bits per heavy atom. The van der Waals surface area contributed by atoms with Crippen molar-refractivity contribution in [3.8, 4) is 5.75 Å². The summed E-state index contributed by atoms with van der Waals surface area (Å²) in [4.78, 5) is 20.9. The summed E-state index contributed by atoms with van der Waals surface area (Å²) in [5.74, 6) is 0.883. The molecule has 25 heavy (non-hydrogen) atoms. The summed E-state index contributed by atoms with van der Waals surface area (Å²) in [7, 11) is 1.65. The number of methoxy groups -OCH3 is 1. The number of benzene rings is 1. The molecule has 0 aliphatic carbocycles. The standard InChI is InChI=1S/C19H22N2O3S/c1-3-10-21(19(22)18-5-4-11-25-18)13-16-12-17(20-24-16)14-6-8-15(23-2)9-7-14/h4-9,11,16H,3,10,12-13H2,1-2H3/t16-/m0/s1. The van der Waals surface area contributed by atoms with Gasteiger partial charge in [0.05, 0.1) is 24.2 Å². The minimum absolute atomic E-state index is 0.0679. The van der Waals surface area contributed by atoms with E-state index < -0.39 is 0 Å². The summed E-state index contributed by atoms with van der Waals surface area (Å²) in [6.07, 6.45) is 1.51. The minimum atomic E-state index is -0.104. The first-order valence-electron chi connectivity index (χ1n) is 8.41. The molecule has 1 aliphatic rings. The summed E-state index contributed by atoms with van der Waals surface area (Å²) in [6.45, 7) is 3.34. The fraction of sp³-hybridized carbons (Fsp3) is 0.368. The van der Waals surface area contributed by atoms with Gasteiger partial charge in [0.1, 0.15) is 5.75 Å². The molecule has 1 aromatic heterocycles. The average Bonchev–Trinajstić information content (AvgIpc) is 3.33. The van der Waals surface area contributed by atoms with E-state index in [1.807, 2.05) is 46.7 Å². The number of oxime groups is 1. The van der Waals surface area contributed by atoms with Gasteiger partial charge in [-0.3, -0.25) is 4.79 Å². The van der Waals surface area contributed by atoms with Crippen LogP contribution in [-0.4, -0.2) is 42.8 Å². The Hall–Kier alpha value is -2.34. The van der Waals surface area contributed by atoms with Crippen molar-refractivity contribution in [2.75, 3.05) is 20.2 Å². The Kier molecular flexibility index (Phi) is 5.71. The highest BCUT2D eigenvalue weighted by Crippen LogP contribution is 2.21. The lowest BCUT2D eigenvalue weighted by Crippen LogP contribution is -2.37. The van der Waals surface area contributed by atoms with Crippen molar-refractivity contribution < 1.29 is 14.4 Å². The third kappa shape index (κ3) is 4.20. The second-order valence-corrected chi connectivity index (χ2v) is 6.87. The molecular weight excluding hydrogens is 336 g/mol. The van der Waals surface area contributed by atoms with Crippen LogP contribution in [0.3, 0.4) is 0 Å². The maximum absolute atomic E-state index is 12.6. The smallest absolute Gasteiger partial charge is 0.264 e. The Morgan fingerprint density at radius 2 is 2.16 bits per heavy atom. The molecule has 5 nitrogen and oxygen atoms in total. The molecule has 0 N–H and O–H groups in total. The molecule has 3 rings (SSSR count). The van der Waals surface area contributed by atoms with Crippen molar-refractivity contribution in [1.82, 2.24) is 4.90 Å². The van der Waals surface area contributed by atoms with E-state index in [4.69, 9.17) is 9.57 Å². The molecule has 2 aromatic rings. The minimum Gasteiger partial charge on any atom is -0.497 e. The number of carbonyl (C=O) groups excluding carboxylic acids is 1. The first kappa shape index (κ1) is 17.5. The third-order valence-corrected chi connectivity index (χ3v) is 4.95. The highest BCUT2D eigenvalue weighted by molar-refractivity contribution is 7.12. The summed E-state index contributed by atoms with van der Waals surface area (Å²) < 4.78 is 5.18. The lowest BCUT2D eigenvalue weighted by atomic mass is 10.0. The average molecular weight is 358 g/mol. The van der Waals surface area contributed by atoms with E-state index in [2.05, 4.69) is 12.1 Å². The quantitative estimate of drug-likeness (QED) is 0.756. The number of carbonyl (C=O) groups is 1. The number of ether oxygens (including phenoxy) is 1. The molecule has 6 heteroatoms. The number of amides is 1. The van der Waals surface area contributed by atoms with Gasteiger partial charge in [0.25, 0.3) is 5.91 Å². The van der Waals surface area contributed by atoms with Crippen LogP contribution in [0.5, 0.6) is 5.75 Å². The van der Waals surface area contributed by atoms with Gasteiger partial charge >= 0.3 is 0 Å². The second kappa shape index (κ2) is 8.16. The number of nitrogens with zero attached hydrogens (tertiary/aromatic N) is 2. The van der Waals surface area contributed by atoms with Crippen LogP contribution in [0.25, 0.3) is 0 Å². The zero-order chi connectivity index (χ0) is 17.6. The summed E-state index contributed by atoms with van der Waals surface area (Å²) >= 11 is 1.47. The summed E-state index contributed by atoms with van der Waals surface area (Å²) in [5, 5.41) is 6.14. The Labute approximate surface area is 151 Å². The van der Waals surface area contributed by atoms with E-state index in [9.17, 15) is 4.79 Å². The zero-order valence-corrected chi connectivity index (χ0v) is 15.3. The van der Waals surface area contributed by atoms with Crippen LogP contribution in [0.15, 0.2) is 46.9 Å². The Balaban J connectivity index is 1.62. The summed E-state index contributed by atoms with van der Waals surface area (Å²) in [5.41, 5.74) is 1.93. The molecule has 0 spiro atoms. The molecule has 0 bridgehead atoms. The molecule has 0 fully saturated rings. The van der Waals surface area contributed by atoms with Gasteiger partial charge in [0, 0.05) is 13.0 Å². The molecule has 1 amide bonds. The van der Waals surface area contributed by atoms with Crippen molar-refractivity contribution in [2.45, 2.75) is 25.9 Å². The molecule has 132 valence electrons. The van der Waals surface area contributed by atoms with Gasteiger partial charge in [-0.05, 0) is 47.7 Å². The highest BCUT2D eigenvalue weighted by Gasteiger charge is 2.27. The fourth-order valence-electron chi connectivity index (χ4n) is 2.83. The topological polar surface area (TPSA) is 51.1 Å². The number of hydrogen-bond acceptors (Lipinski definition) is 5. The van der Waals surface area contributed by atoms with E-state index in [0.717, 1.165) is 28.3 Å². The second-order valence-electron chi connectivity index (χ2n) is 5.93.